The minimum Gasteiger partial charge on any atom is -0.508 e. The van der Waals surface area contributed by atoms with Crippen molar-refractivity contribution in [3.63, 3.8) is 0 Å². The summed E-state index contributed by atoms with van der Waals surface area (Å²) in [7, 11) is -0.172. The van der Waals surface area contributed by atoms with E-state index in [0.717, 1.165) is 0 Å². The van der Waals surface area contributed by atoms with Crippen molar-refractivity contribution in [1.29, 1.82) is 0 Å². The molecule has 0 radical (unpaired) electrons. The van der Waals surface area contributed by atoms with Crippen LogP contribution in [0.25, 0.3) is 0 Å². The number of aromatic hydroxyl groups is 1. The van der Waals surface area contributed by atoms with Crippen LogP contribution < -0.4 is 10.6 Å². The molecule has 3 rings (SSSR count). The summed E-state index contributed by atoms with van der Waals surface area (Å²) in [5, 5.41) is 8.85. The number of nitrogens with zero attached hydrogens (tertiary/aromatic N) is 4. The van der Waals surface area contributed by atoms with E-state index < -0.39 is 15.3 Å². The van der Waals surface area contributed by atoms with Gasteiger partial charge in [-0.2, -0.15) is 0 Å². The summed E-state index contributed by atoms with van der Waals surface area (Å²) in [6, 6.07) is 8.21. The van der Waals surface area contributed by atoms with E-state index in [1.165, 1.54) is 18.4 Å². The van der Waals surface area contributed by atoms with Crippen molar-refractivity contribution in [3.8, 4) is 5.75 Å². The standard InChI is InChI=1S/C17H21N5O3S/c1-21(2)26(24,25)15-10-22(11-15)17-7-16(18)12(9-20-17)8-19-13-3-5-14(23)6-4-13/h3-9,15,23H,10-11H2,1-2H3,(H2,18,20). The van der Waals surface area contributed by atoms with Gasteiger partial charge >= 0.3 is 0 Å². The van der Waals surface area contributed by atoms with E-state index in [9.17, 15) is 13.5 Å². The Bertz CT molecular complexity index is 920. The number of nitrogens with two attached hydrogens (primary N) is 1. The molecular weight excluding hydrogens is 354 g/mol. The summed E-state index contributed by atoms with van der Waals surface area (Å²) in [6.07, 6.45) is 3.22. The first-order valence-electron chi connectivity index (χ1n) is 8.02. The predicted octanol–water partition coefficient (Wildman–Crippen LogP) is 1.20. The minimum absolute atomic E-state index is 0.179. The maximum atomic E-state index is 12.1. The monoisotopic (exact) mass is 375 g/mol. The third kappa shape index (κ3) is 3.63. The van der Waals surface area contributed by atoms with Gasteiger partial charge in [0.1, 0.15) is 16.8 Å². The summed E-state index contributed by atoms with van der Waals surface area (Å²) >= 11 is 0. The highest BCUT2D eigenvalue weighted by molar-refractivity contribution is 7.89. The van der Waals surface area contributed by atoms with E-state index >= 15 is 0 Å². The molecule has 1 aromatic heterocycles. The number of benzene rings is 1. The van der Waals surface area contributed by atoms with Gasteiger partial charge in [-0.25, -0.2) is 17.7 Å². The molecule has 0 saturated carbocycles. The molecule has 2 heterocycles. The van der Waals surface area contributed by atoms with Crippen molar-refractivity contribution in [2.75, 3.05) is 37.8 Å². The summed E-state index contributed by atoms with van der Waals surface area (Å²) in [5.41, 5.74) is 7.93. The Balaban J connectivity index is 1.68. The smallest absolute Gasteiger partial charge is 0.219 e. The van der Waals surface area contributed by atoms with Crippen LogP contribution in [0.2, 0.25) is 0 Å². The Morgan fingerprint density at radius 2 is 1.96 bits per heavy atom. The van der Waals surface area contributed by atoms with Gasteiger partial charge in [-0.1, -0.05) is 0 Å². The molecule has 1 fully saturated rings. The van der Waals surface area contributed by atoms with E-state index in [2.05, 4.69) is 9.98 Å². The van der Waals surface area contributed by atoms with Gasteiger partial charge in [0.2, 0.25) is 10.0 Å². The highest BCUT2D eigenvalue weighted by Gasteiger charge is 2.39. The number of anilines is 2. The Morgan fingerprint density at radius 3 is 2.54 bits per heavy atom. The van der Waals surface area contributed by atoms with Gasteiger partial charge < -0.3 is 15.7 Å². The third-order valence-electron chi connectivity index (χ3n) is 4.26. The molecule has 0 aliphatic carbocycles. The number of aliphatic imine (C=N–C) groups is 1. The average molecular weight is 375 g/mol. The second-order valence-electron chi connectivity index (χ2n) is 6.30. The fourth-order valence-corrected chi connectivity index (χ4v) is 3.88. The van der Waals surface area contributed by atoms with Crippen molar-refractivity contribution in [1.82, 2.24) is 9.29 Å². The van der Waals surface area contributed by atoms with E-state index in [-0.39, 0.29) is 5.75 Å². The third-order valence-corrected chi connectivity index (χ3v) is 6.42. The number of aromatic nitrogens is 1. The van der Waals surface area contributed by atoms with E-state index in [1.54, 1.807) is 42.7 Å². The van der Waals surface area contributed by atoms with E-state index in [4.69, 9.17) is 5.73 Å². The van der Waals surface area contributed by atoms with E-state index in [0.29, 0.717) is 35.8 Å². The number of pyridine rings is 1. The molecule has 1 aliphatic heterocycles. The quantitative estimate of drug-likeness (QED) is 0.760. The summed E-state index contributed by atoms with van der Waals surface area (Å²) < 4.78 is 25.4. The average Bonchev–Trinajstić information content (AvgIpc) is 2.54. The van der Waals surface area contributed by atoms with Crippen LogP contribution in [0.5, 0.6) is 5.75 Å². The summed E-state index contributed by atoms with van der Waals surface area (Å²) in [4.78, 5) is 10.5. The molecule has 9 heteroatoms. The number of nitrogen functional groups attached to an aromatic ring is 1. The lowest BCUT2D eigenvalue weighted by Gasteiger charge is -2.40. The highest BCUT2D eigenvalue weighted by atomic mass is 32.2. The van der Waals surface area contributed by atoms with Crippen LogP contribution in [0, 0.1) is 0 Å². The van der Waals surface area contributed by atoms with E-state index in [1.807, 2.05) is 4.90 Å². The Kier molecular flexibility index (Phi) is 4.84. The lowest BCUT2D eigenvalue weighted by atomic mass is 10.2. The molecule has 1 saturated heterocycles. The topological polar surface area (TPSA) is 112 Å². The van der Waals surface area contributed by atoms with Crippen LogP contribution in [0.1, 0.15) is 5.56 Å². The first-order valence-corrected chi connectivity index (χ1v) is 9.52. The Labute approximate surface area is 152 Å². The van der Waals surface area contributed by atoms with Gasteiger partial charge in [0.25, 0.3) is 0 Å². The number of rotatable bonds is 5. The molecule has 0 unspecified atom stereocenters. The van der Waals surface area contributed by atoms with Crippen LogP contribution in [-0.4, -0.2) is 61.5 Å². The molecule has 8 nitrogen and oxygen atoms in total. The van der Waals surface area contributed by atoms with Crippen LogP contribution in [0.15, 0.2) is 41.5 Å². The second-order valence-corrected chi connectivity index (χ2v) is 8.73. The molecule has 3 N–H and O–H groups in total. The zero-order valence-corrected chi connectivity index (χ0v) is 15.4. The molecule has 1 aromatic carbocycles. The minimum atomic E-state index is -3.25. The first kappa shape index (κ1) is 18.2. The lowest BCUT2D eigenvalue weighted by Crippen LogP contribution is -2.57. The van der Waals surface area contributed by atoms with Crippen molar-refractivity contribution in [2.45, 2.75) is 5.25 Å². The maximum Gasteiger partial charge on any atom is 0.219 e. The van der Waals surface area contributed by atoms with Crippen LogP contribution in [0.4, 0.5) is 17.2 Å². The summed E-state index contributed by atoms with van der Waals surface area (Å²) in [6.45, 7) is 0.793. The fraction of sp³-hybridized carbons (Fsp3) is 0.294. The molecule has 0 atom stereocenters. The van der Waals surface area contributed by atoms with Gasteiger partial charge in [-0.05, 0) is 24.3 Å². The van der Waals surface area contributed by atoms with Gasteiger partial charge in [0.15, 0.2) is 0 Å². The molecule has 2 aromatic rings. The molecule has 26 heavy (non-hydrogen) atoms. The molecular formula is C17H21N5O3S. The lowest BCUT2D eigenvalue weighted by molar-refractivity contribution is 0.475. The predicted molar refractivity (Wildman–Crippen MR) is 103 cm³/mol. The number of sulfonamides is 1. The normalized spacial score (nSPS) is 15.6. The van der Waals surface area contributed by atoms with Crippen molar-refractivity contribution in [2.24, 2.45) is 4.99 Å². The molecule has 0 amide bonds. The van der Waals surface area contributed by atoms with Crippen molar-refractivity contribution >= 4 is 33.4 Å². The maximum absolute atomic E-state index is 12.1. The first-order chi connectivity index (χ1) is 12.3. The zero-order valence-electron chi connectivity index (χ0n) is 14.6. The van der Waals surface area contributed by atoms with Gasteiger partial charge in [-0.15, -0.1) is 0 Å². The highest BCUT2D eigenvalue weighted by Crippen LogP contribution is 2.26. The Morgan fingerprint density at radius 1 is 1.31 bits per heavy atom. The number of phenolic OH excluding ortho intramolecular Hbond substituents is 1. The Hall–Kier alpha value is -2.65. The SMILES string of the molecule is CN(C)S(=O)(=O)C1CN(c2cc(N)c(C=Nc3ccc(O)cc3)cn2)C1. The molecule has 1 aliphatic rings. The second kappa shape index (κ2) is 6.93. The summed E-state index contributed by atoms with van der Waals surface area (Å²) in [5.74, 6) is 0.827. The van der Waals surface area contributed by atoms with Gasteiger partial charge in [0, 0.05) is 56.9 Å². The van der Waals surface area contributed by atoms with Crippen molar-refractivity contribution in [3.05, 3.63) is 42.1 Å². The van der Waals surface area contributed by atoms with Crippen LogP contribution in [-0.2, 0) is 10.0 Å². The number of phenols is 1. The zero-order chi connectivity index (χ0) is 18.9. The molecule has 0 bridgehead atoms. The number of hydrogen-bond acceptors (Lipinski definition) is 7. The van der Waals surface area contributed by atoms with Gasteiger partial charge in [-0.3, -0.25) is 4.99 Å². The molecule has 138 valence electrons. The van der Waals surface area contributed by atoms with Gasteiger partial charge in [0.05, 0.1) is 5.69 Å². The fourth-order valence-electron chi connectivity index (χ4n) is 2.55. The van der Waals surface area contributed by atoms with Crippen LogP contribution in [0.3, 0.4) is 0 Å². The van der Waals surface area contributed by atoms with Crippen molar-refractivity contribution < 1.29 is 13.5 Å². The van der Waals surface area contributed by atoms with Crippen LogP contribution >= 0.6 is 0 Å². The largest absolute Gasteiger partial charge is 0.508 e. The number of hydrogen-bond donors (Lipinski definition) is 2. The molecule has 0 spiro atoms.